The summed E-state index contributed by atoms with van der Waals surface area (Å²) in [7, 11) is 1.37. The number of hydrogen-bond acceptors (Lipinski definition) is 12. The quantitative estimate of drug-likeness (QED) is 0.203. The van der Waals surface area contributed by atoms with Gasteiger partial charge in [-0.25, -0.2) is 4.41 Å². The Labute approximate surface area is 206 Å². The van der Waals surface area contributed by atoms with Crippen molar-refractivity contribution in [2.75, 3.05) is 42.5 Å². The maximum Gasteiger partial charge on any atom is 0.313 e. The third-order valence-corrected chi connectivity index (χ3v) is 11.0. The van der Waals surface area contributed by atoms with Crippen LogP contribution in [-0.4, -0.2) is 97.4 Å². The molecule has 2 saturated heterocycles. The number of rotatable bonds is 8. The number of β-lactam (4-membered cyclic amide) rings is 1. The van der Waals surface area contributed by atoms with Gasteiger partial charge in [-0.2, -0.15) is 5.10 Å². The number of oxime groups is 1. The van der Waals surface area contributed by atoms with Gasteiger partial charge < -0.3 is 20.2 Å². The molecule has 32 heavy (non-hydrogen) atoms. The molecular formula is C17H21N5O5S5. The minimum absolute atomic E-state index is 0.111. The minimum Gasteiger partial charge on any atom is -0.481 e. The highest BCUT2D eigenvalue weighted by molar-refractivity contribution is 8.13. The second-order valence-corrected chi connectivity index (χ2v) is 12.2. The highest BCUT2D eigenvalue weighted by atomic mass is 32.2. The lowest BCUT2D eigenvalue weighted by Gasteiger charge is -2.53. The fourth-order valence-electron chi connectivity index (χ4n) is 3.38. The van der Waals surface area contributed by atoms with Crippen LogP contribution in [0.4, 0.5) is 0 Å². The molecule has 0 aromatic carbocycles. The molecule has 0 aromatic rings. The van der Waals surface area contributed by atoms with E-state index in [0.29, 0.717) is 22.3 Å². The molecule has 2 N–H and O–H groups in total. The molecule has 15 heteroatoms. The Hall–Kier alpha value is -1.16. The van der Waals surface area contributed by atoms with Crippen molar-refractivity contribution in [3.8, 4) is 0 Å². The normalized spacial score (nSPS) is 29.8. The highest BCUT2D eigenvalue weighted by Gasteiger charge is 2.57. The summed E-state index contributed by atoms with van der Waals surface area (Å²) in [6.45, 7) is 0.111. The number of fused-ring (bicyclic) bond motifs is 1. The van der Waals surface area contributed by atoms with Gasteiger partial charge in [-0.1, -0.05) is 16.9 Å². The van der Waals surface area contributed by atoms with Gasteiger partial charge in [0.2, 0.25) is 5.91 Å². The maximum absolute atomic E-state index is 12.9. The molecule has 2 fully saturated rings. The largest absolute Gasteiger partial charge is 0.481 e. The predicted molar refractivity (Wildman–Crippen MR) is 133 cm³/mol. The van der Waals surface area contributed by atoms with Gasteiger partial charge in [0.05, 0.1) is 11.4 Å². The third kappa shape index (κ3) is 4.86. The monoisotopic (exact) mass is 535 g/mol. The van der Waals surface area contributed by atoms with Gasteiger partial charge in [-0.3, -0.25) is 14.4 Å². The Kier molecular flexibility index (Phi) is 7.80. The van der Waals surface area contributed by atoms with Crippen LogP contribution in [-0.2, 0) is 19.2 Å². The molecule has 2 unspecified atom stereocenters. The van der Waals surface area contributed by atoms with E-state index >= 15 is 0 Å². The lowest BCUT2D eigenvalue weighted by atomic mass is 9.89. The summed E-state index contributed by atoms with van der Waals surface area (Å²) in [5, 5.41) is 22.3. The molecule has 3 atom stereocenters. The summed E-state index contributed by atoms with van der Waals surface area (Å²) < 4.78 is 1.75. The van der Waals surface area contributed by atoms with Crippen molar-refractivity contribution in [1.82, 2.24) is 14.6 Å². The molecule has 0 bridgehead atoms. The third-order valence-electron chi connectivity index (χ3n) is 5.09. The zero-order valence-corrected chi connectivity index (χ0v) is 21.0. The van der Waals surface area contributed by atoms with Crippen LogP contribution in [0.15, 0.2) is 20.6 Å². The van der Waals surface area contributed by atoms with Gasteiger partial charge in [0.1, 0.15) is 23.9 Å². The number of nitrogens with one attached hydrogen (secondary N) is 1. The molecule has 4 heterocycles. The Bertz CT molecular complexity index is 886. The summed E-state index contributed by atoms with van der Waals surface area (Å²) in [5.74, 6) is 1.46. The van der Waals surface area contributed by atoms with E-state index in [1.165, 1.54) is 42.6 Å². The molecule has 4 aliphatic heterocycles. The van der Waals surface area contributed by atoms with Gasteiger partial charge in [-0.05, 0) is 17.4 Å². The minimum atomic E-state index is -1.07. The fourth-order valence-corrected chi connectivity index (χ4v) is 8.92. The van der Waals surface area contributed by atoms with E-state index in [0.717, 1.165) is 11.5 Å². The zero-order chi connectivity index (χ0) is 22.7. The number of hydrogen-bond donors (Lipinski definition) is 2. The van der Waals surface area contributed by atoms with E-state index in [1.807, 2.05) is 5.41 Å². The predicted octanol–water partition coefficient (Wildman–Crippen LogP) is 1.38. The van der Waals surface area contributed by atoms with Crippen LogP contribution in [0.2, 0.25) is 0 Å². The number of hydrazone groups is 1. The van der Waals surface area contributed by atoms with Crippen molar-refractivity contribution < 1.29 is 24.3 Å². The number of aliphatic carboxylic acids is 1. The smallest absolute Gasteiger partial charge is 0.313 e. The van der Waals surface area contributed by atoms with Gasteiger partial charge in [0, 0.05) is 34.5 Å². The number of carboxylic acids is 1. The standard InChI is InChI=1S/C17H21N5O5S5/c1-27-20-11(10-4-28-2-3-30-10)13(23)19-12-14(24)21-5-17(16(25)26,6-31-15(12)21)7-32-22-9-29-8-18-22/h4,8,12,15H,2-3,5-7,9H2,1H3,(H,19,23)(H,25,26)/t12?,15-,17?/m1/s1. The second kappa shape index (κ2) is 10.4. The van der Waals surface area contributed by atoms with Crippen LogP contribution in [0.3, 0.4) is 0 Å². The van der Waals surface area contributed by atoms with Gasteiger partial charge in [0.25, 0.3) is 5.91 Å². The van der Waals surface area contributed by atoms with E-state index in [-0.39, 0.29) is 23.5 Å². The van der Waals surface area contributed by atoms with E-state index in [9.17, 15) is 19.5 Å². The molecule has 174 valence electrons. The van der Waals surface area contributed by atoms with Crippen LogP contribution in [0.1, 0.15) is 0 Å². The summed E-state index contributed by atoms with van der Waals surface area (Å²) in [5.41, 5.74) is 0.806. The first-order valence-corrected chi connectivity index (χ1v) is 14.6. The van der Waals surface area contributed by atoms with E-state index in [4.69, 9.17) is 4.84 Å². The number of carboxylic acid groups (broad SMARTS) is 1. The van der Waals surface area contributed by atoms with Gasteiger partial charge in [0.15, 0.2) is 5.71 Å². The topological polar surface area (TPSA) is 124 Å². The zero-order valence-electron chi connectivity index (χ0n) is 17.0. The number of carbonyl (C=O) groups excluding carboxylic acids is 2. The first-order valence-electron chi connectivity index (χ1n) is 9.52. The molecule has 0 saturated carbocycles. The van der Waals surface area contributed by atoms with E-state index < -0.39 is 23.3 Å². The number of amides is 2. The molecule has 0 aromatic heterocycles. The molecule has 10 nitrogen and oxygen atoms in total. The van der Waals surface area contributed by atoms with Crippen molar-refractivity contribution in [1.29, 1.82) is 0 Å². The van der Waals surface area contributed by atoms with Crippen molar-refractivity contribution >= 4 is 88.0 Å². The van der Waals surface area contributed by atoms with Crippen molar-refractivity contribution in [2.45, 2.75) is 11.4 Å². The lowest BCUT2D eigenvalue weighted by Crippen LogP contribution is -2.74. The Morgan fingerprint density at radius 3 is 2.94 bits per heavy atom. The van der Waals surface area contributed by atoms with E-state index in [1.54, 1.807) is 38.4 Å². The fraction of sp³-hybridized carbons (Fsp3) is 0.588. The van der Waals surface area contributed by atoms with Crippen LogP contribution in [0, 0.1) is 5.41 Å². The van der Waals surface area contributed by atoms with Crippen molar-refractivity contribution in [3.63, 3.8) is 0 Å². The molecular weight excluding hydrogens is 515 g/mol. The summed E-state index contributed by atoms with van der Waals surface area (Å²) >= 11 is 7.40. The summed E-state index contributed by atoms with van der Waals surface area (Å²) in [6, 6.07) is -0.713. The molecule has 4 rings (SSSR count). The van der Waals surface area contributed by atoms with Crippen molar-refractivity contribution in [2.24, 2.45) is 15.7 Å². The summed E-state index contributed by atoms with van der Waals surface area (Å²) in [4.78, 5) is 44.9. The number of carbonyl (C=O) groups is 3. The molecule has 2 amide bonds. The van der Waals surface area contributed by atoms with Crippen LogP contribution >= 0.6 is 59.0 Å². The number of nitrogens with zero attached hydrogens (tertiary/aromatic N) is 4. The first-order chi connectivity index (χ1) is 15.4. The first kappa shape index (κ1) is 24.0. The average molecular weight is 536 g/mol. The van der Waals surface area contributed by atoms with Gasteiger partial charge >= 0.3 is 5.97 Å². The molecule has 0 aliphatic carbocycles. The lowest BCUT2D eigenvalue weighted by molar-refractivity contribution is -0.157. The highest BCUT2D eigenvalue weighted by Crippen LogP contribution is 2.44. The SMILES string of the molecule is CON=C(C(=O)NC1C(=O)N2CC(CSN3CSC=N3)(C(=O)O)CS[C@H]12)C1=CSCCS1. The molecule has 0 radical (unpaired) electrons. The van der Waals surface area contributed by atoms with Crippen LogP contribution < -0.4 is 5.32 Å². The Balaban J connectivity index is 1.39. The van der Waals surface area contributed by atoms with E-state index in [2.05, 4.69) is 15.6 Å². The Morgan fingerprint density at radius 2 is 2.28 bits per heavy atom. The Morgan fingerprint density at radius 1 is 1.44 bits per heavy atom. The second-order valence-electron chi connectivity index (χ2n) is 7.17. The molecule has 4 aliphatic rings. The maximum atomic E-state index is 12.9. The molecule has 0 spiro atoms. The van der Waals surface area contributed by atoms with Crippen LogP contribution in [0.25, 0.3) is 0 Å². The number of thioether (sulfide) groups is 4. The summed E-state index contributed by atoms with van der Waals surface area (Å²) in [6.07, 6.45) is 0. The average Bonchev–Trinajstić information content (AvgIpc) is 3.33. The van der Waals surface area contributed by atoms with Gasteiger partial charge in [-0.15, -0.1) is 35.3 Å². The van der Waals surface area contributed by atoms with Crippen molar-refractivity contribution in [3.05, 3.63) is 10.3 Å². The van der Waals surface area contributed by atoms with Crippen LogP contribution in [0.5, 0.6) is 0 Å².